The van der Waals surface area contributed by atoms with Crippen molar-refractivity contribution in [2.45, 2.75) is 370 Å². The summed E-state index contributed by atoms with van der Waals surface area (Å²) in [6, 6.07) is -0.936. The number of carbonyl (C=O) groups is 1. The first-order chi connectivity index (χ1) is 40.1. The van der Waals surface area contributed by atoms with Crippen molar-refractivity contribution in [1.29, 1.82) is 0 Å². The Labute approximate surface area is 500 Å². The zero-order valence-corrected chi connectivity index (χ0v) is 52.2. The molecule has 14 nitrogen and oxygen atoms in total. The molecule has 482 valence electrons. The summed E-state index contributed by atoms with van der Waals surface area (Å²) in [6.45, 7) is 2.82. The Hall–Kier alpha value is -1.79. The van der Waals surface area contributed by atoms with Crippen LogP contribution in [0.25, 0.3) is 0 Å². The number of amides is 1. The van der Waals surface area contributed by atoms with Crippen molar-refractivity contribution in [3.8, 4) is 0 Å². The van der Waals surface area contributed by atoms with Crippen LogP contribution in [0.5, 0.6) is 0 Å². The van der Waals surface area contributed by atoms with E-state index < -0.39 is 86.8 Å². The molecular formula is C68H127NO13. The molecule has 0 spiro atoms. The Morgan fingerprint density at radius 3 is 1.20 bits per heavy atom. The fraction of sp³-hybridized carbons (Fsp3) is 0.897. The van der Waals surface area contributed by atoms with Gasteiger partial charge in [0.25, 0.3) is 0 Å². The number of ether oxygens (including phenoxy) is 4. The van der Waals surface area contributed by atoms with E-state index in [0.717, 1.165) is 44.9 Å². The molecule has 2 saturated heterocycles. The van der Waals surface area contributed by atoms with E-state index in [1.807, 2.05) is 6.08 Å². The fourth-order valence-corrected chi connectivity index (χ4v) is 11.3. The number of nitrogens with one attached hydrogen (secondary N) is 1. The van der Waals surface area contributed by atoms with E-state index in [2.05, 4.69) is 43.5 Å². The number of hydrogen-bond donors (Lipinski definition) is 9. The second kappa shape index (κ2) is 53.4. The minimum atomic E-state index is -1.79. The highest BCUT2D eigenvalue weighted by Gasteiger charge is 2.51. The largest absolute Gasteiger partial charge is 0.394 e. The molecule has 1 amide bonds. The molecular weight excluding hydrogens is 1040 g/mol. The third-order valence-corrected chi connectivity index (χ3v) is 16.8. The van der Waals surface area contributed by atoms with Gasteiger partial charge in [0.2, 0.25) is 5.91 Å². The van der Waals surface area contributed by atoms with Crippen LogP contribution in [0.2, 0.25) is 0 Å². The average molecular weight is 1170 g/mol. The molecule has 9 N–H and O–H groups in total. The average Bonchev–Trinajstić information content (AvgIpc) is 3.67. The Morgan fingerprint density at radius 2 is 0.780 bits per heavy atom. The lowest BCUT2D eigenvalue weighted by Gasteiger charge is -2.46. The van der Waals surface area contributed by atoms with Crippen LogP contribution < -0.4 is 5.32 Å². The van der Waals surface area contributed by atoms with E-state index in [1.54, 1.807) is 6.08 Å². The SMILES string of the molecule is CCCCCCCCCCCCC/C=C/CC/C=C/CC/C=C/C(O)C(COC1OC(CO)C(OC2OC(CO)C(O)C(O)C2O)C(O)C1O)NC(=O)CCCCCCCCCCCCCCCCCCCCCCCCCCCCC. The molecule has 0 aromatic carbocycles. The number of allylic oxidation sites excluding steroid dienone is 5. The van der Waals surface area contributed by atoms with E-state index in [4.69, 9.17) is 18.9 Å². The van der Waals surface area contributed by atoms with E-state index in [0.29, 0.717) is 12.8 Å². The summed E-state index contributed by atoms with van der Waals surface area (Å²) in [5.41, 5.74) is 0. The normalized spacial score (nSPS) is 24.1. The van der Waals surface area contributed by atoms with Crippen LogP contribution in [-0.4, -0.2) is 140 Å². The lowest BCUT2D eigenvalue weighted by molar-refractivity contribution is -0.359. The molecule has 2 aliphatic rings. The first kappa shape index (κ1) is 76.3. The van der Waals surface area contributed by atoms with Gasteiger partial charge < -0.3 is 65.1 Å². The second-order valence-electron chi connectivity index (χ2n) is 24.3. The first-order valence-corrected chi connectivity index (χ1v) is 34.2. The second-order valence-corrected chi connectivity index (χ2v) is 24.3. The summed E-state index contributed by atoms with van der Waals surface area (Å²) in [5.74, 6) is -0.247. The molecule has 0 radical (unpaired) electrons. The summed E-state index contributed by atoms with van der Waals surface area (Å²) >= 11 is 0. The molecule has 2 fully saturated rings. The standard InChI is InChI=1S/C68H127NO13/c1-3-5-7-9-11-13-15-17-19-21-23-25-26-27-28-29-30-32-34-36-38-40-42-44-46-48-50-52-60(73)69-56(57(72)51-49-47-45-43-41-39-37-35-33-31-24-22-20-18-16-14-12-10-8-6-4-2)55-79-67-65(78)63(76)66(59(54-71)81-67)82-68-64(77)62(75)61(74)58(53-70)80-68/h33,35,41,43,49,51,56-59,61-68,70-72,74-78H,3-32,34,36-40,42,44-48,50,52-55H2,1-2H3,(H,69,73)/b35-33+,43-41+,51-49+. The number of hydrogen-bond acceptors (Lipinski definition) is 13. The maximum absolute atomic E-state index is 13.3. The predicted octanol–water partition coefficient (Wildman–Crippen LogP) is 13.3. The molecule has 2 aliphatic heterocycles. The monoisotopic (exact) mass is 1170 g/mol. The molecule has 2 rings (SSSR count). The Morgan fingerprint density at radius 1 is 0.427 bits per heavy atom. The van der Waals surface area contributed by atoms with Gasteiger partial charge in [-0.3, -0.25) is 4.79 Å². The third-order valence-electron chi connectivity index (χ3n) is 16.8. The minimum Gasteiger partial charge on any atom is -0.394 e. The van der Waals surface area contributed by atoms with Gasteiger partial charge in [0.15, 0.2) is 12.6 Å². The van der Waals surface area contributed by atoms with Crippen LogP contribution in [0.3, 0.4) is 0 Å². The van der Waals surface area contributed by atoms with Crippen LogP contribution in [0.4, 0.5) is 0 Å². The number of unbranched alkanes of at least 4 members (excludes halogenated alkanes) is 39. The molecule has 14 heteroatoms. The summed E-state index contributed by atoms with van der Waals surface area (Å²) < 4.78 is 22.8. The van der Waals surface area contributed by atoms with Crippen molar-refractivity contribution in [1.82, 2.24) is 5.32 Å². The molecule has 0 aromatic rings. The van der Waals surface area contributed by atoms with Gasteiger partial charge in [0.1, 0.15) is 48.8 Å². The van der Waals surface area contributed by atoms with Crippen LogP contribution in [0, 0.1) is 0 Å². The van der Waals surface area contributed by atoms with Gasteiger partial charge in [-0.05, 0) is 44.9 Å². The summed E-state index contributed by atoms with van der Waals surface area (Å²) in [6.07, 6.45) is 50.6. The molecule has 0 bridgehead atoms. The predicted molar refractivity (Wildman–Crippen MR) is 332 cm³/mol. The van der Waals surface area contributed by atoms with Crippen molar-refractivity contribution < 1.29 is 64.6 Å². The van der Waals surface area contributed by atoms with E-state index in [9.17, 15) is 45.6 Å². The number of carbonyl (C=O) groups excluding carboxylic acids is 1. The van der Waals surface area contributed by atoms with Crippen LogP contribution in [0.1, 0.15) is 296 Å². The van der Waals surface area contributed by atoms with Gasteiger partial charge >= 0.3 is 0 Å². The minimum absolute atomic E-state index is 0.247. The van der Waals surface area contributed by atoms with Gasteiger partial charge in [-0.15, -0.1) is 0 Å². The number of aliphatic hydroxyl groups is 8. The molecule has 12 atom stereocenters. The zero-order valence-electron chi connectivity index (χ0n) is 52.2. The highest BCUT2D eigenvalue weighted by molar-refractivity contribution is 5.76. The zero-order chi connectivity index (χ0) is 59.5. The maximum atomic E-state index is 13.3. The van der Waals surface area contributed by atoms with Gasteiger partial charge in [0, 0.05) is 6.42 Å². The molecule has 0 saturated carbocycles. The maximum Gasteiger partial charge on any atom is 0.220 e. The highest BCUT2D eigenvalue weighted by atomic mass is 16.7. The summed E-state index contributed by atoms with van der Waals surface area (Å²) in [5, 5.41) is 87.3. The molecule has 0 aromatic heterocycles. The Balaban J connectivity index is 1.71. The van der Waals surface area contributed by atoms with Crippen molar-refractivity contribution in [3.05, 3.63) is 36.5 Å². The fourth-order valence-electron chi connectivity index (χ4n) is 11.3. The highest BCUT2D eigenvalue weighted by Crippen LogP contribution is 2.30. The van der Waals surface area contributed by atoms with Gasteiger partial charge in [-0.25, -0.2) is 0 Å². The lowest BCUT2D eigenvalue weighted by Crippen LogP contribution is -2.65. The van der Waals surface area contributed by atoms with Crippen molar-refractivity contribution >= 4 is 5.91 Å². The Bertz CT molecular complexity index is 1510. The van der Waals surface area contributed by atoms with Crippen molar-refractivity contribution in [3.63, 3.8) is 0 Å². The third kappa shape index (κ3) is 37.7. The Kier molecular flexibility index (Phi) is 49.7. The van der Waals surface area contributed by atoms with E-state index in [1.165, 1.54) is 218 Å². The summed E-state index contributed by atoms with van der Waals surface area (Å²) in [4.78, 5) is 13.3. The first-order valence-electron chi connectivity index (χ1n) is 34.2. The number of rotatable bonds is 56. The van der Waals surface area contributed by atoms with Gasteiger partial charge in [-0.2, -0.15) is 0 Å². The van der Waals surface area contributed by atoms with E-state index >= 15 is 0 Å². The van der Waals surface area contributed by atoms with Crippen LogP contribution in [-0.2, 0) is 23.7 Å². The van der Waals surface area contributed by atoms with Gasteiger partial charge in [-0.1, -0.05) is 281 Å². The smallest absolute Gasteiger partial charge is 0.220 e. The summed E-state index contributed by atoms with van der Waals surface area (Å²) in [7, 11) is 0. The topological polar surface area (TPSA) is 228 Å². The van der Waals surface area contributed by atoms with Gasteiger partial charge in [0.05, 0.1) is 32.0 Å². The quantitative estimate of drug-likeness (QED) is 0.0204. The van der Waals surface area contributed by atoms with E-state index in [-0.39, 0.29) is 18.9 Å². The van der Waals surface area contributed by atoms with Crippen LogP contribution >= 0.6 is 0 Å². The lowest BCUT2D eigenvalue weighted by atomic mass is 9.97. The molecule has 0 aliphatic carbocycles. The van der Waals surface area contributed by atoms with Crippen molar-refractivity contribution in [2.24, 2.45) is 0 Å². The number of aliphatic hydroxyl groups excluding tert-OH is 8. The van der Waals surface area contributed by atoms with Crippen molar-refractivity contribution in [2.75, 3.05) is 19.8 Å². The molecule has 12 unspecified atom stereocenters. The molecule has 2 heterocycles. The van der Waals surface area contributed by atoms with Crippen LogP contribution in [0.15, 0.2) is 36.5 Å². The molecule has 82 heavy (non-hydrogen) atoms.